The summed E-state index contributed by atoms with van der Waals surface area (Å²) in [6, 6.07) is 13.7. The molecule has 0 unspecified atom stereocenters. The van der Waals surface area contributed by atoms with E-state index in [1.54, 1.807) is 21.3 Å². The van der Waals surface area contributed by atoms with Crippen LogP contribution in [0.1, 0.15) is 5.56 Å². The topological polar surface area (TPSA) is 40.8 Å². The fraction of sp³-hybridized carbons (Fsp3) is 0.286. The van der Waals surface area contributed by atoms with Gasteiger partial charge in [0.05, 0.1) is 28.0 Å². The zero-order chi connectivity index (χ0) is 20.1. The number of rotatable bonds is 8. The van der Waals surface area contributed by atoms with Gasteiger partial charge in [0.1, 0.15) is 17.2 Å². The van der Waals surface area contributed by atoms with Gasteiger partial charge in [-0.05, 0) is 49.6 Å². The number of benzene rings is 2. The quantitative estimate of drug-likeness (QED) is 0.533. The molecule has 6 nitrogen and oxygen atoms in total. The number of aromatic nitrogens is 2. The van der Waals surface area contributed by atoms with Gasteiger partial charge < -0.3 is 18.8 Å². The lowest BCUT2D eigenvalue weighted by Crippen LogP contribution is -2.21. The molecular formula is C21H25N3O3S. The number of hydrogen-bond acceptors (Lipinski definition) is 5. The Morgan fingerprint density at radius 1 is 0.893 bits per heavy atom. The van der Waals surface area contributed by atoms with E-state index in [0.717, 1.165) is 39.8 Å². The highest BCUT2D eigenvalue weighted by Gasteiger charge is 2.10. The molecule has 0 atom stereocenters. The first-order chi connectivity index (χ1) is 13.5. The summed E-state index contributed by atoms with van der Waals surface area (Å²) in [7, 11) is 7.03. The van der Waals surface area contributed by atoms with E-state index in [2.05, 4.69) is 11.9 Å². The van der Waals surface area contributed by atoms with Crippen molar-refractivity contribution in [1.29, 1.82) is 0 Å². The van der Waals surface area contributed by atoms with Crippen LogP contribution in [0.15, 0.2) is 54.9 Å². The predicted molar refractivity (Wildman–Crippen MR) is 112 cm³/mol. The van der Waals surface area contributed by atoms with Gasteiger partial charge in [-0.15, -0.1) is 0 Å². The highest BCUT2D eigenvalue weighted by molar-refractivity contribution is 7.71. The van der Waals surface area contributed by atoms with Gasteiger partial charge in [0, 0.05) is 36.3 Å². The molecule has 0 aliphatic carbocycles. The second-order valence-electron chi connectivity index (χ2n) is 6.45. The Bertz CT molecular complexity index is 979. The SMILES string of the molecule is COc1ccc(-n2ccn(CN(C)Cc3ccc(OC)cc3OC)c2=S)cc1. The molecule has 3 aromatic rings. The molecule has 0 spiro atoms. The highest BCUT2D eigenvalue weighted by Crippen LogP contribution is 2.25. The number of imidazole rings is 1. The summed E-state index contributed by atoms with van der Waals surface area (Å²) in [6.45, 7) is 1.39. The van der Waals surface area contributed by atoms with Crippen molar-refractivity contribution in [1.82, 2.24) is 14.0 Å². The lowest BCUT2D eigenvalue weighted by Gasteiger charge is -2.19. The highest BCUT2D eigenvalue weighted by atomic mass is 32.1. The van der Waals surface area contributed by atoms with Crippen LogP contribution in [0.2, 0.25) is 0 Å². The molecule has 0 amide bonds. The van der Waals surface area contributed by atoms with Gasteiger partial charge in [-0.3, -0.25) is 9.47 Å². The van der Waals surface area contributed by atoms with Crippen LogP contribution in [-0.4, -0.2) is 42.4 Å². The van der Waals surface area contributed by atoms with E-state index in [1.165, 1.54) is 0 Å². The maximum absolute atomic E-state index is 5.66. The van der Waals surface area contributed by atoms with Crippen molar-refractivity contribution in [3.63, 3.8) is 0 Å². The van der Waals surface area contributed by atoms with Crippen LogP contribution in [0.5, 0.6) is 17.2 Å². The third-order valence-electron chi connectivity index (χ3n) is 4.53. The number of ether oxygens (including phenoxy) is 3. The van der Waals surface area contributed by atoms with E-state index >= 15 is 0 Å². The van der Waals surface area contributed by atoms with Crippen molar-refractivity contribution < 1.29 is 14.2 Å². The van der Waals surface area contributed by atoms with Crippen LogP contribution in [0, 0.1) is 4.77 Å². The number of hydrogen-bond donors (Lipinski definition) is 0. The summed E-state index contributed by atoms with van der Waals surface area (Å²) >= 11 is 5.66. The first-order valence-corrected chi connectivity index (χ1v) is 9.28. The standard InChI is InChI=1S/C21H25N3O3S/c1-22(14-16-5-8-19(26-3)13-20(16)27-4)15-23-11-12-24(21(23)28)17-6-9-18(25-2)10-7-17/h5-13H,14-15H2,1-4H3. The van der Waals surface area contributed by atoms with Gasteiger partial charge in [-0.25, -0.2) is 0 Å². The lowest BCUT2D eigenvalue weighted by molar-refractivity contribution is 0.254. The molecule has 28 heavy (non-hydrogen) atoms. The van der Waals surface area contributed by atoms with E-state index in [9.17, 15) is 0 Å². The smallest absolute Gasteiger partial charge is 0.185 e. The van der Waals surface area contributed by atoms with Crippen molar-refractivity contribution >= 4 is 12.2 Å². The molecule has 1 aromatic heterocycles. The minimum Gasteiger partial charge on any atom is -0.497 e. The molecule has 148 valence electrons. The van der Waals surface area contributed by atoms with Gasteiger partial charge in [0.15, 0.2) is 4.77 Å². The maximum atomic E-state index is 5.66. The predicted octanol–water partition coefficient (Wildman–Crippen LogP) is 4.12. The third-order valence-corrected chi connectivity index (χ3v) is 4.96. The molecule has 0 saturated heterocycles. The molecule has 2 aromatic carbocycles. The summed E-state index contributed by atoms with van der Waals surface area (Å²) in [4.78, 5) is 2.18. The molecule has 0 fully saturated rings. The van der Waals surface area contributed by atoms with Crippen molar-refractivity contribution in [3.8, 4) is 22.9 Å². The molecule has 0 saturated carbocycles. The third kappa shape index (κ3) is 4.37. The minimum atomic E-state index is 0.664. The Kier molecular flexibility index (Phi) is 6.38. The number of nitrogens with zero attached hydrogens (tertiary/aromatic N) is 3. The lowest BCUT2D eigenvalue weighted by atomic mass is 10.2. The Morgan fingerprint density at radius 3 is 2.21 bits per heavy atom. The second-order valence-corrected chi connectivity index (χ2v) is 6.82. The van der Waals surface area contributed by atoms with Crippen LogP contribution >= 0.6 is 12.2 Å². The van der Waals surface area contributed by atoms with Gasteiger partial charge in [-0.1, -0.05) is 6.07 Å². The molecule has 0 aliphatic heterocycles. The van der Waals surface area contributed by atoms with Gasteiger partial charge >= 0.3 is 0 Å². The first-order valence-electron chi connectivity index (χ1n) is 8.87. The van der Waals surface area contributed by atoms with Crippen LogP contribution in [0.3, 0.4) is 0 Å². The second kappa shape index (κ2) is 8.95. The summed E-state index contributed by atoms with van der Waals surface area (Å²) in [5.41, 5.74) is 2.09. The summed E-state index contributed by atoms with van der Waals surface area (Å²) in [5.74, 6) is 2.41. The maximum Gasteiger partial charge on any atom is 0.185 e. The van der Waals surface area contributed by atoms with E-state index in [1.807, 2.05) is 64.0 Å². The fourth-order valence-electron chi connectivity index (χ4n) is 3.04. The van der Waals surface area contributed by atoms with Gasteiger partial charge in [0.2, 0.25) is 0 Å². The van der Waals surface area contributed by atoms with E-state index < -0.39 is 0 Å². The Morgan fingerprint density at radius 2 is 1.57 bits per heavy atom. The molecule has 0 bridgehead atoms. The first kappa shape index (κ1) is 20.0. The molecule has 1 heterocycles. The van der Waals surface area contributed by atoms with Gasteiger partial charge in [0.25, 0.3) is 0 Å². The summed E-state index contributed by atoms with van der Waals surface area (Å²) in [5, 5.41) is 0. The molecule has 7 heteroatoms. The molecule has 0 aliphatic rings. The molecular weight excluding hydrogens is 374 g/mol. The van der Waals surface area contributed by atoms with Crippen LogP contribution in [-0.2, 0) is 13.2 Å². The monoisotopic (exact) mass is 399 g/mol. The van der Waals surface area contributed by atoms with E-state index in [4.69, 9.17) is 26.4 Å². The van der Waals surface area contributed by atoms with E-state index in [0.29, 0.717) is 6.67 Å². The molecule has 3 rings (SSSR count). The summed E-state index contributed by atoms with van der Waals surface area (Å²) in [6.07, 6.45) is 3.97. The van der Waals surface area contributed by atoms with Crippen molar-refractivity contribution in [3.05, 3.63) is 65.2 Å². The largest absolute Gasteiger partial charge is 0.497 e. The zero-order valence-corrected chi connectivity index (χ0v) is 17.4. The minimum absolute atomic E-state index is 0.664. The molecule has 0 radical (unpaired) electrons. The van der Waals surface area contributed by atoms with Gasteiger partial charge in [-0.2, -0.15) is 0 Å². The van der Waals surface area contributed by atoms with Crippen LogP contribution < -0.4 is 14.2 Å². The Hall–Kier alpha value is -2.77. The van der Waals surface area contributed by atoms with Crippen molar-refractivity contribution in [2.75, 3.05) is 28.4 Å². The average Bonchev–Trinajstić information content (AvgIpc) is 3.08. The Labute approximate surface area is 170 Å². The fourth-order valence-corrected chi connectivity index (χ4v) is 3.33. The van der Waals surface area contributed by atoms with Crippen molar-refractivity contribution in [2.24, 2.45) is 0 Å². The van der Waals surface area contributed by atoms with Crippen LogP contribution in [0.4, 0.5) is 0 Å². The zero-order valence-electron chi connectivity index (χ0n) is 16.6. The summed E-state index contributed by atoms with van der Waals surface area (Å²) < 4.78 is 20.7. The Balaban J connectivity index is 1.73. The van der Waals surface area contributed by atoms with E-state index in [-0.39, 0.29) is 0 Å². The van der Waals surface area contributed by atoms with Crippen LogP contribution in [0.25, 0.3) is 5.69 Å². The molecule has 0 N–H and O–H groups in total. The van der Waals surface area contributed by atoms with Crippen molar-refractivity contribution in [2.45, 2.75) is 13.2 Å². The normalized spacial score (nSPS) is 10.9. The average molecular weight is 400 g/mol. The number of methoxy groups -OCH3 is 3.